The molecule has 0 saturated carbocycles. The Morgan fingerprint density at radius 1 is 1.50 bits per heavy atom. The van der Waals surface area contributed by atoms with E-state index in [2.05, 4.69) is 21.7 Å². The van der Waals surface area contributed by atoms with Crippen LogP contribution in [0.5, 0.6) is 0 Å². The molecule has 4 N–H and O–H groups in total. The molecule has 0 aliphatic rings. The molecule has 0 aromatic heterocycles. The molecule has 0 radical (unpaired) electrons. The van der Waals surface area contributed by atoms with E-state index in [1.54, 1.807) is 18.6 Å². The first-order valence-corrected chi connectivity index (χ1v) is 6.47. The molecular weight excluding hydrogens is 254 g/mol. The monoisotopic (exact) mass is 269 g/mol. The van der Waals surface area contributed by atoms with Crippen molar-refractivity contribution in [2.75, 3.05) is 6.61 Å². The summed E-state index contributed by atoms with van der Waals surface area (Å²) < 4.78 is 30.9. The topological polar surface area (TPSA) is 111 Å². The molecule has 1 atom stereocenters. The van der Waals surface area contributed by atoms with Crippen LogP contribution >= 0.6 is 12.2 Å². The van der Waals surface area contributed by atoms with Crippen LogP contribution in [0.2, 0.25) is 0 Å². The number of nitrogens with one attached hydrogen (secondary N) is 2. The second kappa shape index (κ2) is 6.61. The fourth-order valence-electron chi connectivity index (χ4n) is 0.830. The lowest BCUT2D eigenvalue weighted by Crippen LogP contribution is -2.49. The van der Waals surface area contributed by atoms with Crippen LogP contribution in [0.1, 0.15) is 20.3 Å². The van der Waals surface area contributed by atoms with Gasteiger partial charge in [-0.25, -0.2) is 9.52 Å². The van der Waals surface area contributed by atoms with Crippen molar-refractivity contribution in [3.05, 3.63) is 0 Å². The first-order valence-electron chi connectivity index (χ1n) is 4.58. The summed E-state index contributed by atoms with van der Waals surface area (Å²) >= 11 is 4.66. The SMILES string of the molecule is CCOC(=O)NS(=O)(=O)NC(CC)C(N)=S. The van der Waals surface area contributed by atoms with E-state index in [0.717, 1.165) is 0 Å². The molecule has 16 heavy (non-hydrogen) atoms. The van der Waals surface area contributed by atoms with E-state index >= 15 is 0 Å². The molecule has 0 rings (SSSR count). The van der Waals surface area contributed by atoms with Gasteiger partial charge in [-0.1, -0.05) is 19.1 Å². The summed E-state index contributed by atoms with van der Waals surface area (Å²) in [6, 6.07) is -0.693. The minimum atomic E-state index is -4.00. The molecule has 0 aromatic rings. The van der Waals surface area contributed by atoms with Crippen molar-refractivity contribution in [1.29, 1.82) is 0 Å². The lowest BCUT2D eigenvalue weighted by molar-refractivity contribution is 0.158. The van der Waals surface area contributed by atoms with E-state index in [1.807, 2.05) is 0 Å². The summed E-state index contributed by atoms with van der Waals surface area (Å²) in [5.41, 5.74) is 5.30. The number of carbonyl (C=O) groups excluding carboxylic acids is 1. The van der Waals surface area contributed by atoms with Crippen LogP contribution in [-0.4, -0.2) is 32.1 Å². The van der Waals surface area contributed by atoms with Crippen molar-refractivity contribution < 1.29 is 17.9 Å². The number of hydrogen-bond donors (Lipinski definition) is 3. The van der Waals surface area contributed by atoms with Crippen molar-refractivity contribution in [1.82, 2.24) is 9.44 Å². The lowest BCUT2D eigenvalue weighted by atomic mass is 10.2. The van der Waals surface area contributed by atoms with Gasteiger partial charge in [0, 0.05) is 0 Å². The van der Waals surface area contributed by atoms with E-state index < -0.39 is 22.3 Å². The van der Waals surface area contributed by atoms with E-state index in [9.17, 15) is 13.2 Å². The second-order valence-corrected chi connectivity index (χ2v) is 4.73. The van der Waals surface area contributed by atoms with Crippen LogP contribution < -0.4 is 15.2 Å². The highest BCUT2D eigenvalue weighted by Crippen LogP contribution is 1.94. The van der Waals surface area contributed by atoms with Crippen molar-refractivity contribution in [2.24, 2.45) is 5.73 Å². The number of carbonyl (C=O) groups is 1. The van der Waals surface area contributed by atoms with Gasteiger partial charge in [-0.2, -0.15) is 13.1 Å². The summed E-state index contributed by atoms with van der Waals surface area (Å²) in [6.45, 7) is 3.34. The molecule has 9 heteroatoms. The number of nitrogens with two attached hydrogens (primary N) is 1. The largest absolute Gasteiger partial charge is 0.449 e. The van der Waals surface area contributed by atoms with Gasteiger partial charge in [0.05, 0.1) is 17.6 Å². The molecule has 0 heterocycles. The normalized spacial score (nSPS) is 12.9. The first kappa shape index (κ1) is 15.1. The van der Waals surface area contributed by atoms with Gasteiger partial charge in [0.2, 0.25) is 0 Å². The maximum absolute atomic E-state index is 11.4. The van der Waals surface area contributed by atoms with E-state index in [-0.39, 0.29) is 11.6 Å². The van der Waals surface area contributed by atoms with Crippen LogP contribution in [-0.2, 0) is 14.9 Å². The third kappa shape index (κ3) is 5.83. The summed E-state index contributed by atoms with van der Waals surface area (Å²) in [6.07, 6.45) is -0.660. The van der Waals surface area contributed by atoms with Crippen molar-refractivity contribution in [2.45, 2.75) is 26.3 Å². The van der Waals surface area contributed by atoms with Crippen molar-refractivity contribution in [3.8, 4) is 0 Å². The van der Waals surface area contributed by atoms with Crippen LogP contribution in [0.15, 0.2) is 0 Å². The predicted octanol–water partition coefficient (Wildman–Crippen LogP) is -0.368. The lowest BCUT2D eigenvalue weighted by Gasteiger charge is -2.15. The Kier molecular flexibility index (Phi) is 6.22. The van der Waals surface area contributed by atoms with Gasteiger partial charge in [-0.05, 0) is 13.3 Å². The fraction of sp³-hybridized carbons (Fsp3) is 0.714. The van der Waals surface area contributed by atoms with Gasteiger partial charge in [0.15, 0.2) is 0 Å². The van der Waals surface area contributed by atoms with E-state index in [0.29, 0.717) is 6.42 Å². The molecule has 0 aliphatic carbocycles. The Labute approximate surface area is 99.9 Å². The van der Waals surface area contributed by atoms with Gasteiger partial charge in [-0.3, -0.25) is 0 Å². The third-order valence-corrected chi connectivity index (χ3v) is 2.86. The average Bonchev–Trinajstić information content (AvgIpc) is 2.13. The van der Waals surface area contributed by atoms with Crippen LogP contribution in [0, 0.1) is 0 Å². The molecule has 0 saturated heterocycles. The molecule has 94 valence electrons. The smallest absolute Gasteiger partial charge is 0.421 e. The fourth-order valence-corrected chi connectivity index (χ4v) is 2.14. The quantitative estimate of drug-likeness (QED) is 0.567. The van der Waals surface area contributed by atoms with Crippen LogP contribution in [0.4, 0.5) is 4.79 Å². The third-order valence-electron chi connectivity index (χ3n) is 1.54. The Hall–Kier alpha value is -0.930. The van der Waals surface area contributed by atoms with Crippen LogP contribution in [0.25, 0.3) is 0 Å². The molecule has 0 fully saturated rings. The summed E-state index contributed by atoms with van der Waals surface area (Å²) in [7, 11) is -4.00. The second-order valence-electron chi connectivity index (χ2n) is 2.81. The Balaban J connectivity index is 4.45. The van der Waals surface area contributed by atoms with E-state index in [1.165, 1.54) is 0 Å². The number of rotatable bonds is 6. The van der Waals surface area contributed by atoms with Crippen molar-refractivity contribution in [3.63, 3.8) is 0 Å². The standard InChI is InChI=1S/C7H15N3O4S2/c1-3-5(6(8)15)9-16(12,13)10-7(11)14-4-2/h5,9H,3-4H2,1-2H3,(H2,8,15)(H,10,11). The highest BCUT2D eigenvalue weighted by molar-refractivity contribution is 7.88. The average molecular weight is 269 g/mol. The van der Waals surface area contributed by atoms with Gasteiger partial charge in [0.25, 0.3) is 0 Å². The molecule has 7 nitrogen and oxygen atoms in total. The van der Waals surface area contributed by atoms with Gasteiger partial charge >= 0.3 is 16.3 Å². The summed E-state index contributed by atoms with van der Waals surface area (Å²) in [4.78, 5) is 10.9. The zero-order valence-corrected chi connectivity index (χ0v) is 10.7. The van der Waals surface area contributed by atoms with Crippen molar-refractivity contribution >= 4 is 33.5 Å². The van der Waals surface area contributed by atoms with Crippen LogP contribution in [0.3, 0.4) is 0 Å². The summed E-state index contributed by atoms with van der Waals surface area (Å²) in [5, 5.41) is 0. The number of hydrogen-bond acceptors (Lipinski definition) is 5. The maximum atomic E-state index is 11.4. The van der Waals surface area contributed by atoms with E-state index in [4.69, 9.17) is 5.73 Å². The van der Waals surface area contributed by atoms with Gasteiger partial charge in [-0.15, -0.1) is 0 Å². The molecule has 1 amide bonds. The summed E-state index contributed by atoms with van der Waals surface area (Å²) in [5.74, 6) is 0. The Morgan fingerprint density at radius 3 is 2.44 bits per heavy atom. The number of thiocarbonyl (C=S) groups is 1. The van der Waals surface area contributed by atoms with Gasteiger partial charge in [0.1, 0.15) is 0 Å². The number of amides is 1. The molecule has 0 bridgehead atoms. The molecule has 0 aromatic carbocycles. The first-order chi connectivity index (χ1) is 7.32. The predicted molar refractivity (Wildman–Crippen MR) is 63.1 cm³/mol. The molecule has 1 unspecified atom stereocenters. The zero-order chi connectivity index (χ0) is 12.8. The minimum Gasteiger partial charge on any atom is -0.449 e. The Morgan fingerprint density at radius 2 is 2.06 bits per heavy atom. The number of ether oxygens (including phenoxy) is 1. The maximum Gasteiger partial charge on any atom is 0.421 e. The highest BCUT2D eigenvalue weighted by atomic mass is 32.2. The van der Waals surface area contributed by atoms with Gasteiger partial charge < -0.3 is 10.5 Å². The minimum absolute atomic E-state index is 0.0109. The zero-order valence-electron chi connectivity index (χ0n) is 9.02. The molecule has 0 aliphatic heterocycles. The molecular formula is C7H15N3O4S2. The highest BCUT2D eigenvalue weighted by Gasteiger charge is 2.20. The molecule has 0 spiro atoms. The Bertz CT molecular complexity index is 355.